The first-order chi connectivity index (χ1) is 18.6. The summed E-state index contributed by atoms with van der Waals surface area (Å²) in [5.41, 5.74) is 2.13. The number of anilines is 1. The van der Waals surface area contributed by atoms with Crippen molar-refractivity contribution in [2.75, 3.05) is 11.5 Å². The Kier molecular flexibility index (Phi) is 8.65. The van der Waals surface area contributed by atoms with Crippen molar-refractivity contribution < 1.29 is 28.8 Å². The standard InChI is InChI=1S/C27H21BrIN3O7/c1-3-38-23-13-17(12-22(29)24(23)39-14-16-4-6-18(7-5-16)32(36)37)11-20-25(33)30-27(35)31(26(20)34)19-8-9-21(28)15(2)10-19/h4-13H,3,14H2,1-2H3,(H,30,33,35)/b20-11+. The summed E-state index contributed by atoms with van der Waals surface area (Å²) in [5, 5.41) is 13.1. The molecule has 0 bridgehead atoms. The average Bonchev–Trinajstić information content (AvgIpc) is 2.88. The number of aryl methyl sites for hydroxylation is 1. The largest absolute Gasteiger partial charge is 0.490 e. The molecule has 200 valence electrons. The Morgan fingerprint density at radius 1 is 1.08 bits per heavy atom. The maximum absolute atomic E-state index is 13.3. The van der Waals surface area contributed by atoms with Crippen LogP contribution in [-0.2, 0) is 16.2 Å². The van der Waals surface area contributed by atoms with Crippen molar-refractivity contribution in [1.82, 2.24) is 5.32 Å². The Labute approximate surface area is 245 Å². The van der Waals surface area contributed by atoms with Crippen molar-refractivity contribution in [3.8, 4) is 11.5 Å². The second-order valence-corrected chi connectivity index (χ2v) is 10.4. The van der Waals surface area contributed by atoms with E-state index in [4.69, 9.17) is 9.47 Å². The number of hydrogen-bond acceptors (Lipinski definition) is 7. The maximum atomic E-state index is 13.3. The number of carbonyl (C=O) groups excluding carboxylic acids is 3. The van der Waals surface area contributed by atoms with Gasteiger partial charge in [0.1, 0.15) is 12.2 Å². The van der Waals surface area contributed by atoms with Crippen LogP contribution in [0.25, 0.3) is 6.08 Å². The number of benzene rings is 3. The summed E-state index contributed by atoms with van der Waals surface area (Å²) in [5.74, 6) is -0.726. The highest BCUT2D eigenvalue weighted by molar-refractivity contribution is 14.1. The van der Waals surface area contributed by atoms with E-state index in [1.807, 2.05) is 6.92 Å². The molecule has 0 atom stereocenters. The Morgan fingerprint density at radius 3 is 2.44 bits per heavy atom. The minimum atomic E-state index is -0.830. The third-order valence-electron chi connectivity index (χ3n) is 5.67. The highest BCUT2D eigenvalue weighted by Crippen LogP contribution is 2.36. The first-order valence-corrected chi connectivity index (χ1v) is 13.5. The van der Waals surface area contributed by atoms with E-state index >= 15 is 0 Å². The summed E-state index contributed by atoms with van der Waals surface area (Å²) >= 11 is 5.45. The summed E-state index contributed by atoms with van der Waals surface area (Å²) in [4.78, 5) is 49.8. The van der Waals surface area contributed by atoms with Gasteiger partial charge in [0.2, 0.25) is 0 Å². The lowest BCUT2D eigenvalue weighted by atomic mass is 10.1. The molecule has 0 aliphatic carbocycles. The predicted octanol–water partition coefficient (Wildman–Crippen LogP) is 5.91. The van der Waals surface area contributed by atoms with Crippen LogP contribution in [-0.4, -0.2) is 29.4 Å². The van der Waals surface area contributed by atoms with Crippen molar-refractivity contribution in [2.45, 2.75) is 20.5 Å². The van der Waals surface area contributed by atoms with Gasteiger partial charge < -0.3 is 9.47 Å². The van der Waals surface area contributed by atoms with Crippen LogP contribution in [0.4, 0.5) is 16.2 Å². The second-order valence-electron chi connectivity index (χ2n) is 8.37. The lowest BCUT2D eigenvalue weighted by Gasteiger charge is -2.26. The lowest BCUT2D eigenvalue weighted by Crippen LogP contribution is -2.54. The minimum absolute atomic E-state index is 0.0162. The molecule has 1 aliphatic heterocycles. The van der Waals surface area contributed by atoms with E-state index in [0.717, 1.165) is 20.5 Å². The van der Waals surface area contributed by atoms with Gasteiger partial charge >= 0.3 is 6.03 Å². The highest BCUT2D eigenvalue weighted by atomic mass is 127. The van der Waals surface area contributed by atoms with E-state index < -0.39 is 22.8 Å². The van der Waals surface area contributed by atoms with E-state index in [9.17, 15) is 24.5 Å². The topological polar surface area (TPSA) is 128 Å². The maximum Gasteiger partial charge on any atom is 0.335 e. The Balaban J connectivity index is 1.63. The van der Waals surface area contributed by atoms with Gasteiger partial charge in [0.25, 0.3) is 17.5 Å². The van der Waals surface area contributed by atoms with Gasteiger partial charge in [0.15, 0.2) is 11.5 Å². The third kappa shape index (κ3) is 6.28. The molecular formula is C27H21BrIN3O7. The normalized spacial score (nSPS) is 14.4. The van der Waals surface area contributed by atoms with Crippen LogP contribution >= 0.6 is 38.5 Å². The summed E-state index contributed by atoms with van der Waals surface area (Å²) in [6.07, 6.45) is 1.40. The molecular weight excluding hydrogens is 685 g/mol. The van der Waals surface area contributed by atoms with Crippen LogP contribution in [0, 0.1) is 20.6 Å². The van der Waals surface area contributed by atoms with Gasteiger partial charge in [-0.05, 0) is 102 Å². The van der Waals surface area contributed by atoms with Crippen LogP contribution in [0.2, 0.25) is 0 Å². The average molecular weight is 706 g/mol. The zero-order valence-electron chi connectivity index (χ0n) is 20.7. The molecule has 39 heavy (non-hydrogen) atoms. The Hall–Kier alpha value is -3.78. The Morgan fingerprint density at radius 2 is 1.79 bits per heavy atom. The van der Waals surface area contributed by atoms with Crippen LogP contribution in [0.1, 0.15) is 23.6 Å². The predicted molar refractivity (Wildman–Crippen MR) is 156 cm³/mol. The molecule has 0 unspecified atom stereocenters. The highest BCUT2D eigenvalue weighted by Gasteiger charge is 2.37. The SMILES string of the molecule is CCOc1cc(/C=C2\C(=O)NC(=O)N(c3ccc(Br)c(C)c3)C2=O)cc(I)c1OCc1ccc([N+](=O)[O-])cc1. The molecule has 1 fully saturated rings. The zero-order valence-corrected chi connectivity index (χ0v) is 24.4. The number of imide groups is 2. The molecule has 10 nitrogen and oxygen atoms in total. The summed E-state index contributed by atoms with van der Waals surface area (Å²) in [7, 11) is 0. The summed E-state index contributed by atoms with van der Waals surface area (Å²) < 4.78 is 13.2. The quantitative estimate of drug-likeness (QED) is 0.101. The number of ether oxygens (including phenoxy) is 2. The van der Waals surface area contributed by atoms with Gasteiger partial charge in [-0.25, -0.2) is 9.69 Å². The number of nitrogens with zero attached hydrogens (tertiary/aromatic N) is 2. The van der Waals surface area contributed by atoms with Crippen LogP contribution in [0.15, 0.2) is 64.6 Å². The minimum Gasteiger partial charge on any atom is -0.490 e. The molecule has 12 heteroatoms. The first kappa shape index (κ1) is 28.2. The summed E-state index contributed by atoms with van der Waals surface area (Å²) in [6.45, 7) is 4.10. The molecule has 0 radical (unpaired) electrons. The molecule has 1 N–H and O–H groups in total. The van der Waals surface area contributed by atoms with E-state index in [-0.39, 0.29) is 17.9 Å². The van der Waals surface area contributed by atoms with E-state index in [1.54, 1.807) is 49.4 Å². The lowest BCUT2D eigenvalue weighted by molar-refractivity contribution is -0.384. The van der Waals surface area contributed by atoms with Crippen molar-refractivity contribution in [3.63, 3.8) is 0 Å². The number of carbonyl (C=O) groups is 3. The molecule has 0 aromatic heterocycles. The molecule has 4 rings (SSSR count). The number of nitro benzene ring substituents is 1. The van der Waals surface area contributed by atoms with E-state index in [1.165, 1.54) is 18.2 Å². The van der Waals surface area contributed by atoms with E-state index in [0.29, 0.717) is 32.9 Å². The molecule has 0 spiro atoms. The smallest absolute Gasteiger partial charge is 0.335 e. The van der Waals surface area contributed by atoms with Crippen LogP contribution in [0.3, 0.4) is 0 Å². The Bertz CT molecular complexity index is 1520. The fourth-order valence-corrected chi connectivity index (χ4v) is 4.80. The van der Waals surface area contributed by atoms with Crippen molar-refractivity contribution in [3.05, 3.63) is 95.0 Å². The second kappa shape index (κ2) is 11.9. The number of nitro groups is 1. The number of halogens is 2. The van der Waals surface area contributed by atoms with Crippen molar-refractivity contribution >= 4 is 73.8 Å². The fourth-order valence-electron chi connectivity index (χ4n) is 3.77. The molecule has 1 saturated heterocycles. The number of non-ortho nitro benzene ring substituents is 1. The summed E-state index contributed by atoms with van der Waals surface area (Å²) in [6, 6.07) is 13.5. The van der Waals surface area contributed by atoms with Gasteiger partial charge in [0, 0.05) is 16.6 Å². The molecule has 1 heterocycles. The third-order valence-corrected chi connectivity index (χ3v) is 7.37. The number of urea groups is 1. The number of nitrogens with one attached hydrogen (secondary N) is 1. The molecule has 0 saturated carbocycles. The number of rotatable bonds is 8. The molecule has 4 amide bonds. The van der Waals surface area contributed by atoms with Gasteiger partial charge in [-0.1, -0.05) is 15.9 Å². The van der Waals surface area contributed by atoms with Crippen LogP contribution in [0.5, 0.6) is 11.5 Å². The molecule has 3 aromatic carbocycles. The van der Waals surface area contributed by atoms with Gasteiger partial charge in [0.05, 0.1) is 20.8 Å². The zero-order chi connectivity index (χ0) is 28.3. The van der Waals surface area contributed by atoms with Gasteiger partial charge in [-0.3, -0.25) is 25.0 Å². The first-order valence-electron chi connectivity index (χ1n) is 11.6. The molecule has 3 aromatic rings. The van der Waals surface area contributed by atoms with Crippen molar-refractivity contribution in [2.24, 2.45) is 0 Å². The van der Waals surface area contributed by atoms with Crippen LogP contribution < -0.4 is 19.7 Å². The van der Waals surface area contributed by atoms with E-state index in [2.05, 4.69) is 43.8 Å². The molecule has 1 aliphatic rings. The number of hydrogen-bond donors (Lipinski definition) is 1. The van der Waals surface area contributed by atoms with Crippen molar-refractivity contribution in [1.29, 1.82) is 0 Å². The van der Waals surface area contributed by atoms with Gasteiger partial charge in [-0.2, -0.15) is 0 Å². The number of amides is 4. The van der Waals surface area contributed by atoms with Gasteiger partial charge in [-0.15, -0.1) is 0 Å². The fraction of sp³-hybridized carbons (Fsp3) is 0.148. The number of barbiturate groups is 1. The monoisotopic (exact) mass is 705 g/mol.